The van der Waals surface area contributed by atoms with E-state index in [-0.39, 0.29) is 13.2 Å². The summed E-state index contributed by atoms with van der Waals surface area (Å²) in [4.78, 5) is 17.9. The molecule has 6 nitrogen and oxygen atoms in total. The number of hydrogen-bond acceptors (Lipinski definition) is 5. The second-order valence-electron chi connectivity index (χ2n) is 5.74. The van der Waals surface area contributed by atoms with Crippen LogP contribution >= 0.6 is 0 Å². The Morgan fingerprint density at radius 3 is 2.91 bits per heavy atom. The van der Waals surface area contributed by atoms with Gasteiger partial charge in [-0.1, -0.05) is 18.2 Å². The van der Waals surface area contributed by atoms with E-state index in [0.29, 0.717) is 30.8 Å². The Morgan fingerprint density at radius 1 is 1.41 bits per heavy atom. The summed E-state index contributed by atoms with van der Waals surface area (Å²) >= 11 is 0. The number of fused-ring (bicyclic) bond motifs is 1. The molecule has 1 amide bonds. The number of rotatable bonds is 3. The van der Waals surface area contributed by atoms with E-state index < -0.39 is 11.5 Å². The highest BCUT2D eigenvalue weighted by molar-refractivity contribution is 5.85. The Balaban J connectivity index is 2.03. The summed E-state index contributed by atoms with van der Waals surface area (Å²) in [5.74, 6) is -0.121. The Hall–Kier alpha value is -2.18. The van der Waals surface area contributed by atoms with Gasteiger partial charge in [0.05, 0.1) is 18.7 Å². The number of carbonyl (C=O) groups is 1. The number of aliphatic hydroxyl groups excluding tert-OH is 1. The molecule has 2 heterocycles. The van der Waals surface area contributed by atoms with Gasteiger partial charge in [-0.25, -0.2) is 4.98 Å². The van der Waals surface area contributed by atoms with Gasteiger partial charge in [-0.15, -0.1) is 0 Å². The molecule has 116 valence electrons. The van der Waals surface area contributed by atoms with Crippen molar-refractivity contribution in [2.24, 2.45) is 5.73 Å². The van der Waals surface area contributed by atoms with Gasteiger partial charge < -0.3 is 20.8 Å². The Morgan fingerprint density at radius 2 is 2.18 bits per heavy atom. The van der Waals surface area contributed by atoms with E-state index >= 15 is 0 Å². The van der Waals surface area contributed by atoms with Crippen LogP contribution in [0.25, 0.3) is 10.9 Å². The first-order valence-corrected chi connectivity index (χ1v) is 7.30. The van der Waals surface area contributed by atoms with Crippen molar-refractivity contribution in [3.05, 3.63) is 35.9 Å². The van der Waals surface area contributed by atoms with Crippen LogP contribution in [-0.2, 0) is 11.4 Å². The van der Waals surface area contributed by atoms with E-state index in [1.165, 1.54) is 0 Å². The maximum atomic E-state index is 11.5. The molecule has 1 atom stereocenters. The molecule has 0 bridgehead atoms. The van der Waals surface area contributed by atoms with Crippen LogP contribution in [0.3, 0.4) is 0 Å². The molecule has 1 saturated heterocycles. The lowest BCUT2D eigenvalue weighted by Gasteiger charge is -2.38. The third kappa shape index (κ3) is 2.51. The zero-order valence-corrected chi connectivity index (χ0v) is 12.2. The summed E-state index contributed by atoms with van der Waals surface area (Å²) in [5.41, 5.74) is 5.26. The normalized spacial score (nSPS) is 22.0. The molecule has 0 aliphatic carbocycles. The third-order valence-electron chi connectivity index (χ3n) is 4.18. The number of aromatic nitrogens is 1. The van der Waals surface area contributed by atoms with Gasteiger partial charge in [0, 0.05) is 17.5 Å². The molecule has 22 heavy (non-hydrogen) atoms. The van der Waals surface area contributed by atoms with E-state index in [1.54, 1.807) is 0 Å². The average molecular weight is 301 g/mol. The number of nitrogens with zero attached hydrogens (tertiary/aromatic N) is 2. The number of piperidine rings is 1. The second-order valence-corrected chi connectivity index (χ2v) is 5.74. The minimum absolute atomic E-state index is 0.0979. The van der Waals surface area contributed by atoms with Gasteiger partial charge in [0.15, 0.2) is 5.60 Å². The van der Waals surface area contributed by atoms with Crippen LogP contribution in [-0.4, -0.2) is 39.8 Å². The van der Waals surface area contributed by atoms with Crippen molar-refractivity contribution < 1.29 is 15.0 Å². The number of amides is 1. The zero-order chi connectivity index (χ0) is 15.7. The van der Waals surface area contributed by atoms with Crippen LogP contribution < -0.4 is 10.6 Å². The van der Waals surface area contributed by atoms with Gasteiger partial charge in [0.1, 0.15) is 5.82 Å². The van der Waals surface area contributed by atoms with Gasteiger partial charge in [-0.05, 0) is 25.0 Å². The predicted octanol–water partition coefficient (Wildman–Crippen LogP) is 0.544. The number of hydrogen-bond donors (Lipinski definition) is 3. The largest absolute Gasteiger partial charge is 0.392 e. The molecule has 1 aromatic heterocycles. The van der Waals surface area contributed by atoms with Crippen LogP contribution in [0.4, 0.5) is 5.82 Å². The molecule has 0 unspecified atom stereocenters. The first kappa shape index (κ1) is 14.7. The van der Waals surface area contributed by atoms with Crippen LogP contribution in [0.5, 0.6) is 0 Å². The van der Waals surface area contributed by atoms with Crippen molar-refractivity contribution in [3.63, 3.8) is 0 Å². The lowest BCUT2D eigenvalue weighted by molar-refractivity contribution is -0.137. The second kappa shape index (κ2) is 5.55. The molecule has 1 aromatic carbocycles. The topological polar surface area (TPSA) is 99.7 Å². The summed E-state index contributed by atoms with van der Waals surface area (Å²) in [6.07, 6.45) is 0.986. The number of pyridine rings is 1. The van der Waals surface area contributed by atoms with Crippen molar-refractivity contribution in [1.82, 2.24) is 4.98 Å². The lowest BCUT2D eigenvalue weighted by Crippen LogP contribution is -2.56. The summed E-state index contributed by atoms with van der Waals surface area (Å²) in [6, 6.07) is 9.52. The quantitative estimate of drug-likeness (QED) is 0.768. The number of aliphatic hydroxyl groups is 2. The van der Waals surface area contributed by atoms with Gasteiger partial charge in [0.2, 0.25) is 0 Å². The molecule has 0 radical (unpaired) electrons. The van der Waals surface area contributed by atoms with Crippen LogP contribution in [0.15, 0.2) is 30.3 Å². The van der Waals surface area contributed by atoms with Crippen molar-refractivity contribution in [3.8, 4) is 0 Å². The molecule has 1 aliphatic rings. The van der Waals surface area contributed by atoms with Crippen LogP contribution in [0.2, 0.25) is 0 Å². The lowest BCUT2D eigenvalue weighted by atomic mass is 9.92. The van der Waals surface area contributed by atoms with E-state index in [0.717, 1.165) is 10.9 Å². The minimum atomic E-state index is -1.54. The standard InChI is InChI=1S/C16H19N3O3/c17-15(21)16(22)6-3-7-19(10-16)14-12(9-20)8-11-4-1-2-5-13(11)18-14/h1-2,4-5,8,20,22H,3,6-7,9-10H2,(H2,17,21)/t16-/m0/s1. The first-order chi connectivity index (χ1) is 10.5. The highest BCUT2D eigenvalue weighted by Crippen LogP contribution is 2.29. The Kier molecular flexibility index (Phi) is 3.72. The zero-order valence-electron chi connectivity index (χ0n) is 12.2. The number of carbonyl (C=O) groups excluding carboxylic acids is 1. The maximum Gasteiger partial charge on any atom is 0.251 e. The summed E-state index contributed by atoms with van der Waals surface area (Å²) in [6.45, 7) is 0.604. The Labute approximate surface area is 128 Å². The van der Waals surface area contributed by atoms with Gasteiger partial charge >= 0.3 is 0 Å². The predicted molar refractivity (Wildman–Crippen MR) is 83.3 cm³/mol. The van der Waals surface area contributed by atoms with E-state index in [9.17, 15) is 15.0 Å². The average Bonchev–Trinajstić information content (AvgIpc) is 2.53. The fourth-order valence-corrected chi connectivity index (χ4v) is 2.96. The molecular formula is C16H19N3O3. The highest BCUT2D eigenvalue weighted by Gasteiger charge is 2.39. The fourth-order valence-electron chi connectivity index (χ4n) is 2.96. The monoisotopic (exact) mass is 301 g/mol. The van der Waals surface area contributed by atoms with Gasteiger partial charge in [-0.2, -0.15) is 0 Å². The first-order valence-electron chi connectivity index (χ1n) is 7.30. The smallest absolute Gasteiger partial charge is 0.251 e. The number of nitrogens with two attached hydrogens (primary N) is 1. The molecule has 1 aliphatic heterocycles. The molecule has 1 fully saturated rings. The number of primary amides is 1. The van der Waals surface area contributed by atoms with Gasteiger partial charge in [-0.3, -0.25) is 4.79 Å². The molecule has 3 rings (SSSR count). The van der Waals surface area contributed by atoms with Crippen LogP contribution in [0, 0.1) is 0 Å². The molecule has 0 saturated carbocycles. The molecule has 0 spiro atoms. The minimum Gasteiger partial charge on any atom is -0.392 e. The van der Waals surface area contributed by atoms with E-state index in [4.69, 9.17) is 5.73 Å². The maximum absolute atomic E-state index is 11.5. The number of para-hydroxylation sites is 1. The summed E-state index contributed by atoms with van der Waals surface area (Å²) in [7, 11) is 0. The molecule has 6 heteroatoms. The van der Waals surface area contributed by atoms with Crippen molar-refractivity contribution >= 4 is 22.6 Å². The van der Waals surface area contributed by atoms with E-state index in [2.05, 4.69) is 4.98 Å². The SMILES string of the molecule is NC(=O)[C@]1(O)CCCN(c2nc3ccccc3cc2CO)C1. The van der Waals surface area contributed by atoms with Gasteiger partial charge in [0.25, 0.3) is 5.91 Å². The highest BCUT2D eigenvalue weighted by atomic mass is 16.3. The van der Waals surface area contributed by atoms with Crippen LogP contribution in [0.1, 0.15) is 18.4 Å². The fraction of sp³-hybridized carbons (Fsp3) is 0.375. The van der Waals surface area contributed by atoms with Crippen molar-refractivity contribution in [2.75, 3.05) is 18.0 Å². The number of benzene rings is 1. The molecular weight excluding hydrogens is 282 g/mol. The summed E-state index contributed by atoms with van der Waals surface area (Å²) < 4.78 is 0. The van der Waals surface area contributed by atoms with Crippen molar-refractivity contribution in [2.45, 2.75) is 25.0 Å². The molecule has 4 N–H and O–H groups in total. The Bertz CT molecular complexity index is 719. The number of anilines is 1. The van der Waals surface area contributed by atoms with E-state index in [1.807, 2.05) is 35.2 Å². The number of β-amino-alcohol motifs (C(OH)–C–C–N with tert-alkyl or cyclic N) is 1. The van der Waals surface area contributed by atoms with Crippen molar-refractivity contribution in [1.29, 1.82) is 0 Å². The molecule has 2 aromatic rings. The third-order valence-corrected chi connectivity index (χ3v) is 4.18. The summed E-state index contributed by atoms with van der Waals surface area (Å²) in [5, 5.41) is 20.9.